The molecule has 1 rings (SSSR count). The topological polar surface area (TPSA) is 49.2 Å². The minimum absolute atomic E-state index is 0.0512. The zero-order valence-electron chi connectivity index (χ0n) is 6.51. The van der Waals surface area contributed by atoms with E-state index >= 15 is 0 Å². The van der Waals surface area contributed by atoms with E-state index in [9.17, 15) is 8.78 Å². The molecule has 0 bridgehead atoms. The molecule has 0 aliphatic carbocycles. The van der Waals surface area contributed by atoms with E-state index in [1.54, 1.807) is 0 Å². The summed E-state index contributed by atoms with van der Waals surface area (Å²) in [5, 5.41) is 12.5. The first-order chi connectivity index (χ1) is 5.65. The van der Waals surface area contributed by atoms with E-state index in [2.05, 4.69) is 5.16 Å². The van der Waals surface area contributed by atoms with Crippen LogP contribution in [0, 0.1) is 0 Å². The molecule has 0 saturated carbocycles. The van der Waals surface area contributed by atoms with Gasteiger partial charge in [-0.3, -0.25) is 0 Å². The molecule has 0 aromatic carbocycles. The van der Waals surface area contributed by atoms with Gasteiger partial charge in [0.2, 0.25) is 0 Å². The fourth-order valence-corrected chi connectivity index (χ4v) is 0.946. The van der Waals surface area contributed by atoms with Crippen molar-refractivity contribution < 1.29 is 19.3 Å². The molecule has 1 aliphatic heterocycles. The molecular formula is C7H9F2N2O+. The second-order valence-corrected chi connectivity index (χ2v) is 2.45. The Bertz CT molecular complexity index is 281. The average Bonchev–Trinajstić information content (AvgIpc) is 2.03. The van der Waals surface area contributed by atoms with Crippen molar-refractivity contribution in [3.8, 4) is 0 Å². The summed E-state index contributed by atoms with van der Waals surface area (Å²) in [7, 11) is 0. The molecule has 3 N–H and O–H groups in total. The van der Waals surface area contributed by atoms with Crippen molar-refractivity contribution in [3.05, 3.63) is 23.4 Å². The third kappa shape index (κ3) is 1.68. The lowest BCUT2D eigenvalue weighted by Crippen LogP contribution is -2.84. The molecule has 0 aromatic rings. The average molecular weight is 175 g/mol. The van der Waals surface area contributed by atoms with Crippen molar-refractivity contribution >= 4 is 5.71 Å². The first-order valence-electron chi connectivity index (χ1n) is 3.43. The van der Waals surface area contributed by atoms with Crippen LogP contribution in [0.15, 0.2) is 28.6 Å². The van der Waals surface area contributed by atoms with E-state index in [4.69, 9.17) is 5.21 Å². The van der Waals surface area contributed by atoms with Gasteiger partial charge in [0.25, 0.3) is 0 Å². The molecule has 3 nitrogen and oxygen atoms in total. The van der Waals surface area contributed by atoms with Gasteiger partial charge in [-0.05, 0) is 6.92 Å². The van der Waals surface area contributed by atoms with Crippen molar-refractivity contribution in [3.63, 3.8) is 0 Å². The number of nitrogens with zero attached hydrogens (tertiary/aromatic N) is 1. The Morgan fingerprint density at radius 3 is 2.83 bits per heavy atom. The number of allylic oxidation sites excluding steroid dienone is 3. The second kappa shape index (κ2) is 3.44. The van der Waals surface area contributed by atoms with Gasteiger partial charge in [0.05, 0.1) is 0 Å². The summed E-state index contributed by atoms with van der Waals surface area (Å²) in [6.07, 6.45) is 0.796. The van der Waals surface area contributed by atoms with Crippen LogP contribution >= 0.6 is 0 Å². The molecule has 0 saturated heterocycles. The fourth-order valence-electron chi connectivity index (χ4n) is 0.946. The molecule has 0 unspecified atom stereocenters. The van der Waals surface area contributed by atoms with Crippen LogP contribution in [0.25, 0.3) is 0 Å². The van der Waals surface area contributed by atoms with E-state index in [1.807, 2.05) is 0 Å². The summed E-state index contributed by atoms with van der Waals surface area (Å²) < 4.78 is 25.3. The minimum atomic E-state index is -0.700. The lowest BCUT2D eigenvalue weighted by Gasteiger charge is -2.07. The Morgan fingerprint density at radius 1 is 1.67 bits per heavy atom. The predicted molar refractivity (Wildman–Crippen MR) is 39.0 cm³/mol. The van der Waals surface area contributed by atoms with Gasteiger partial charge in [-0.1, -0.05) is 5.16 Å². The maximum atomic E-state index is 12.9. The predicted octanol–water partition coefficient (Wildman–Crippen LogP) is 0.448. The van der Waals surface area contributed by atoms with Crippen LogP contribution in [0.2, 0.25) is 0 Å². The molecule has 0 fully saturated rings. The number of quaternary nitrogens is 1. The summed E-state index contributed by atoms with van der Waals surface area (Å²) in [5.74, 6) is -1.23. The van der Waals surface area contributed by atoms with E-state index < -0.39 is 11.7 Å². The van der Waals surface area contributed by atoms with Crippen LogP contribution in [0.4, 0.5) is 8.78 Å². The van der Waals surface area contributed by atoms with Gasteiger partial charge in [-0.25, -0.2) is 8.78 Å². The highest BCUT2D eigenvalue weighted by molar-refractivity contribution is 5.96. The molecule has 1 aliphatic rings. The molecule has 0 radical (unpaired) electrons. The summed E-state index contributed by atoms with van der Waals surface area (Å²) in [6.45, 7) is 1.50. The monoisotopic (exact) mass is 175 g/mol. The smallest absolute Gasteiger partial charge is 0.190 e. The Balaban J connectivity index is 2.98. The van der Waals surface area contributed by atoms with Crippen LogP contribution in [0.5, 0.6) is 0 Å². The number of nitrogens with two attached hydrogens (primary N) is 1. The van der Waals surface area contributed by atoms with Gasteiger partial charge in [-0.15, -0.1) is 0 Å². The van der Waals surface area contributed by atoms with E-state index in [-0.39, 0.29) is 18.0 Å². The lowest BCUT2D eigenvalue weighted by molar-refractivity contribution is -0.595. The first-order valence-corrected chi connectivity index (χ1v) is 3.43. The normalized spacial score (nSPS) is 19.6. The molecule has 0 spiro atoms. The molecule has 5 heteroatoms. The van der Waals surface area contributed by atoms with Crippen molar-refractivity contribution in [2.75, 3.05) is 6.54 Å². The van der Waals surface area contributed by atoms with Crippen molar-refractivity contribution in [2.24, 2.45) is 5.16 Å². The highest BCUT2D eigenvalue weighted by Gasteiger charge is 2.19. The largest absolute Gasteiger partial charge is 0.410 e. The lowest BCUT2D eigenvalue weighted by atomic mass is 10.2. The highest BCUT2D eigenvalue weighted by atomic mass is 19.1. The zero-order valence-corrected chi connectivity index (χ0v) is 6.51. The standard InChI is InChI=1S/C7H8F2N2O/c1-4(11-12)7-6(9)2-5(8)3-10-7/h2,10,12H,3H2,1H3/p+1. The minimum Gasteiger partial charge on any atom is -0.410 e. The van der Waals surface area contributed by atoms with E-state index in [0.717, 1.165) is 6.08 Å². The van der Waals surface area contributed by atoms with Gasteiger partial charge in [0.15, 0.2) is 17.4 Å². The summed E-state index contributed by atoms with van der Waals surface area (Å²) >= 11 is 0. The van der Waals surface area contributed by atoms with Gasteiger partial charge in [0.1, 0.15) is 12.3 Å². The van der Waals surface area contributed by atoms with Gasteiger partial charge < -0.3 is 10.5 Å². The summed E-state index contributed by atoms with van der Waals surface area (Å²) in [5.41, 5.74) is 0.301. The third-order valence-corrected chi connectivity index (χ3v) is 1.58. The number of oxime groups is 1. The number of hydrogen-bond acceptors (Lipinski definition) is 2. The van der Waals surface area contributed by atoms with Crippen LogP contribution in [-0.4, -0.2) is 17.5 Å². The van der Waals surface area contributed by atoms with E-state index in [1.165, 1.54) is 12.2 Å². The SMILES string of the molecule is CC(=NO)C1=C(F)C=C(F)C[NH2+]1. The fraction of sp³-hybridized carbons (Fsp3) is 0.286. The summed E-state index contributed by atoms with van der Waals surface area (Å²) in [6, 6.07) is 0. The van der Waals surface area contributed by atoms with Crippen LogP contribution < -0.4 is 5.32 Å². The van der Waals surface area contributed by atoms with Gasteiger partial charge in [0, 0.05) is 6.08 Å². The van der Waals surface area contributed by atoms with Crippen molar-refractivity contribution in [2.45, 2.75) is 6.92 Å². The first kappa shape index (κ1) is 8.86. The van der Waals surface area contributed by atoms with Crippen LogP contribution in [0.3, 0.4) is 0 Å². The van der Waals surface area contributed by atoms with Gasteiger partial charge in [-0.2, -0.15) is 0 Å². The quantitative estimate of drug-likeness (QED) is 0.339. The molecule has 1 heterocycles. The van der Waals surface area contributed by atoms with E-state index in [0.29, 0.717) is 0 Å². The third-order valence-electron chi connectivity index (χ3n) is 1.58. The maximum absolute atomic E-state index is 12.9. The molecule has 0 atom stereocenters. The maximum Gasteiger partial charge on any atom is 0.190 e. The van der Waals surface area contributed by atoms with Crippen LogP contribution in [0.1, 0.15) is 6.92 Å². The molecule has 66 valence electrons. The number of rotatable bonds is 1. The Hall–Kier alpha value is -1.23. The molecule has 0 aromatic heterocycles. The molecular weight excluding hydrogens is 166 g/mol. The highest BCUT2D eigenvalue weighted by Crippen LogP contribution is 2.11. The Morgan fingerprint density at radius 2 is 2.33 bits per heavy atom. The molecule has 12 heavy (non-hydrogen) atoms. The Labute approximate surface area is 68.1 Å². The zero-order chi connectivity index (χ0) is 9.14. The Kier molecular flexibility index (Phi) is 2.54. The van der Waals surface area contributed by atoms with Gasteiger partial charge >= 0.3 is 0 Å². The molecule has 0 amide bonds. The number of hydrogen-bond donors (Lipinski definition) is 2. The number of halogens is 2. The van der Waals surface area contributed by atoms with Crippen molar-refractivity contribution in [1.82, 2.24) is 0 Å². The summed E-state index contributed by atoms with van der Waals surface area (Å²) in [4.78, 5) is 0. The van der Waals surface area contributed by atoms with Crippen LogP contribution in [-0.2, 0) is 0 Å². The second-order valence-electron chi connectivity index (χ2n) is 2.45. The van der Waals surface area contributed by atoms with Crippen molar-refractivity contribution in [1.29, 1.82) is 0 Å².